The van der Waals surface area contributed by atoms with Crippen LogP contribution in [0.3, 0.4) is 0 Å². The Balaban J connectivity index is 2.39. The van der Waals surface area contributed by atoms with Crippen molar-refractivity contribution < 1.29 is 23.8 Å². The quantitative estimate of drug-likeness (QED) is 0.630. The first-order valence-corrected chi connectivity index (χ1v) is 7.38. The van der Waals surface area contributed by atoms with Crippen molar-refractivity contribution in [3.63, 3.8) is 0 Å². The summed E-state index contributed by atoms with van der Waals surface area (Å²) in [6.45, 7) is 2.97. The fourth-order valence-electron chi connectivity index (χ4n) is 1.94. The van der Waals surface area contributed by atoms with Crippen molar-refractivity contribution in [3.8, 4) is 0 Å². The van der Waals surface area contributed by atoms with Gasteiger partial charge < -0.3 is 15.1 Å². The van der Waals surface area contributed by atoms with Crippen LogP contribution in [-0.2, 0) is 11.4 Å². The molecular formula is C18H19F2NO3. The number of hydrogen-bond donors (Lipinski definition) is 2. The second-order valence-electron chi connectivity index (χ2n) is 6.01. The van der Waals surface area contributed by atoms with Crippen LogP contribution in [0.25, 0.3) is 0 Å². The summed E-state index contributed by atoms with van der Waals surface area (Å²) in [6, 6.07) is 10.2. The standard InChI is InChI=1S/C18H19F2NO3/c1-18(2,23)11-24-21-17(13-5-3-12(10-22)4-6-13)14-7-8-15(19)16(20)9-14/h3-9,22-23H,10-11H2,1-2H3. The maximum Gasteiger partial charge on any atom is 0.159 e. The zero-order valence-electron chi connectivity index (χ0n) is 13.5. The molecule has 2 N–H and O–H groups in total. The van der Waals surface area contributed by atoms with Crippen LogP contribution >= 0.6 is 0 Å². The van der Waals surface area contributed by atoms with Gasteiger partial charge in [-0.25, -0.2) is 8.78 Å². The molecule has 24 heavy (non-hydrogen) atoms. The molecule has 0 radical (unpaired) electrons. The Morgan fingerprint density at radius 3 is 2.21 bits per heavy atom. The maximum absolute atomic E-state index is 13.5. The van der Waals surface area contributed by atoms with Gasteiger partial charge in [-0.15, -0.1) is 0 Å². The van der Waals surface area contributed by atoms with E-state index in [1.807, 2.05) is 0 Å². The van der Waals surface area contributed by atoms with Crippen molar-refractivity contribution in [1.29, 1.82) is 0 Å². The summed E-state index contributed by atoms with van der Waals surface area (Å²) in [5.41, 5.74) is 0.863. The van der Waals surface area contributed by atoms with Gasteiger partial charge in [0.1, 0.15) is 12.3 Å². The highest BCUT2D eigenvalue weighted by molar-refractivity contribution is 6.12. The number of hydrogen-bond acceptors (Lipinski definition) is 4. The molecule has 0 aliphatic carbocycles. The molecule has 2 rings (SSSR count). The van der Waals surface area contributed by atoms with Crippen LogP contribution in [0.4, 0.5) is 8.78 Å². The van der Waals surface area contributed by atoms with Gasteiger partial charge in [0.25, 0.3) is 0 Å². The van der Waals surface area contributed by atoms with Crippen molar-refractivity contribution in [2.45, 2.75) is 26.1 Å². The third-order valence-electron chi connectivity index (χ3n) is 3.18. The molecule has 0 aromatic heterocycles. The lowest BCUT2D eigenvalue weighted by molar-refractivity contribution is -0.0189. The minimum absolute atomic E-state index is 0.0606. The molecule has 0 unspecified atom stereocenters. The smallest absolute Gasteiger partial charge is 0.159 e. The molecular weight excluding hydrogens is 316 g/mol. The molecule has 0 saturated carbocycles. The topological polar surface area (TPSA) is 62.0 Å². The molecule has 4 nitrogen and oxygen atoms in total. The van der Waals surface area contributed by atoms with Crippen molar-refractivity contribution in [2.24, 2.45) is 5.16 Å². The molecule has 0 spiro atoms. The predicted molar refractivity (Wildman–Crippen MR) is 86.6 cm³/mol. The Labute approximate surface area is 139 Å². The van der Waals surface area contributed by atoms with Gasteiger partial charge in [0, 0.05) is 11.1 Å². The van der Waals surface area contributed by atoms with Gasteiger partial charge in [0.15, 0.2) is 11.6 Å². The van der Waals surface area contributed by atoms with Crippen LogP contribution in [0.2, 0.25) is 0 Å². The monoisotopic (exact) mass is 335 g/mol. The van der Waals surface area contributed by atoms with Crippen LogP contribution in [0.5, 0.6) is 0 Å². The summed E-state index contributed by atoms with van der Waals surface area (Å²) < 4.78 is 26.7. The van der Waals surface area contributed by atoms with Gasteiger partial charge in [-0.05, 0) is 37.6 Å². The van der Waals surface area contributed by atoms with Crippen LogP contribution < -0.4 is 0 Å². The highest BCUT2D eigenvalue weighted by Crippen LogP contribution is 2.16. The summed E-state index contributed by atoms with van der Waals surface area (Å²) in [4.78, 5) is 5.17. The molecule has 128 valence electrons. The Morgan fingerprint density at radius 2 is 1.67 bits per heavy atom. The molecule has 0 atom stereocenters. The number of nitrogens with zero attached hydrogens (tertiary/aromatic N) is 1. The lowest BCUT2D eigenvalue weighted by Crippen LogP contribution is -2.25. The number of oxime groups is 1. The lowest BCUT2D eigenvalue weighted by Gasteiger charge is -2.15. The molecule has 0 fully saturated rings. The number of aliphatic hydroxyl groups excluding tert-OH is 1. The summed E-state index contributed by atoms with van der Waals surface area (Å²) in [5, 5.41) is 22.8. The van der Waals surface area contributed by atoms with Gasteiger partial charge in [-0.2, -0.15) is 0 Å². The molecule has 0 saturated heterocycles. The van der Waals surface area contributed by atoms with E-state index in [1.54, 1.807) is 38.1 Å². The summed E-state index contributed by atoms with van der Waals surface area (Å²) in [7, 11) is 0. The van der Waals surface area contributed by atoms with Gasteiger partial charge in [0.05, 0.1) is 12.2 Å². The lowest BCUT2D eigenvalue weighted by atomic mass is 10.0. The van der Waals surface area contributed by atoms with E-state index in [0.717, 1.165) is 12.1 Å². The van der Waals surface area contributed by atoms with Crippen LogP contribution in [0.15, 0.2) is 47.6 Å². The summed E-state index contributed by atoms with van der Waals surface area (Å²) in [5.74, 6) is -1.94. The van der Waals surface area contributed by atoms with Crippen molar-refractivity contribution >= 4 is 5.71 Å². The van der Waals surface area contributed by atoms with Crippen LogP contribution in [0.1, 0.15) is 30.5 Å². The highest BCUT2D eigenvalue weighted by atomic mass is 19.2. The van der Waals surface area contributed by atoms with E-state index in [4.69, 9.17) is 9.94 Å². The Hall–Kier alpha value is -2.31. The molecule has 2 aromatic rings. The second kappa shape index (κ2) is 7.51. The largest absolute Gasteiger partial charge is 0.392 e. The van der Waals surface area contributed by atoms with Gasteiger partial charge >= 0.3 is 0 Å². The third-order valence-corrected chi connectivity index (χ3v) is 3.18. The van der Waals surface area contributed by atoms with Gasteiger partial charge in [-0.1, -0.05) is 29.4 Å². The van der Waals surface area contributed by atoms with Crippen LogP contribution in [-0.4, -0.2) is 28.1 Å². The summed E-state index contributed by atoms with van der Waals surface area (Å²) in [6.07, 6.45) is 0. The average molecular weight is 335 g/mol. The molecule has 0 heterocycles. The van der Waals surface area contributed by atoms with E-state index in [0.29, 0.717) is 22.4 Å². The predicted octanol–water partition coefficient (Wildman–Crippen LogP) is 3.00. The fraction of sp³-hybridized carbons (Fsp3) is 0.278. The molecule has 6 heteroatoms. The summed E-state index contributed by atoms with van der Waals surface area (Å²) >= 11 is 0. The minimum Gasteiger partial charge on any atom is -0.392 e. The average Bonchev–Trinajstić information content (AvgIpc) is 2.54. The first-order chi connectivity index (χ1) is 11.3. The maximum atomic E-state index is 13.5. The molecule has 2 aromatic carbocycles. The zero-order chi connectivity index (χ0) is 17.7. The van der Waals surface area contributed by atoms with E-state index < -0.39 is 17.2 Å². The number of halogens is 2. The first-order valence-electron chi connectivity index (χ1n) is 7.38. The zero-order valence-corrected chi connectivity index (χ0v) is 13.5. The van der Waals surface area contributed by atoms with Gasteiger partial charge in [0.2, 0.25) is 0 Å². The molecule has 0 bridgehead atoms. The number of rotatable bonds is 6. The molecule has 0 amide bonds. The van der Waals surface area contributed by atoms with Crippen molar-refractivity contribution in [3.05, 3.63) is 70.8 Å². The Morgan fingerprint density at radius 1 is 1.04 bits per heavy atom. The molecule has 0 aliphatic heterocycles. The van der Waals surface area contributed by atoms with E-state index in [1.165, 1.54) is 6.07 Å². The van der Waals surface area contributed by atoms with E-state index in [2.05, 4.69) is 5.16 Å². The first kappa shape index (κ1) is 18.0. The number of benzene rings is 2. The Bertz CT molecular complexity index is 722. The van der Waals surface area contributed by atoms with E-state index in [-0.39, 0.29) is 13.2 Å². The van der Waals surface area contributed by atoms with Gasteiger partial charge in [-0.3, -0.25) is 0 Å². The Kier molecular flexibility index (Phi) is 5.64. The van der Waals surface area contributed by atoms with E-state index in [9.17, 15) is 13.9 Å². The SMILES string of the molecule is CC(C)(O)CON=C(c1ccc(CO)cc1)c1ccc(F)c(F)c1. The second-order valence-corrected chi connectivity index (χ2v) is 6.01. The fourth-order valence-corrected chi connectivity index (χ4v) is 1.94. The third kappa shape index (κ3) is 4.84. The normalized spacial score (nSPS) is 12.3. The van der Waals surface area contributed by atoms with Crippen molar-refractivity contribution in [2.75, 3.05) is 6.61 Å². The van der Waals surface area contributed by atoms with Crippen molar-refractivity contribution in [1.82, 2.24) is 0 Å². The van der Waals surface area contributed by atoms with Crippen LogP contribution in [0, 0.1) is 11.6 Å². The highest BCUT2D eigenvalue weighted by Gasteiger charge is 2.15. The molecule has 0 aliphatic rings. The number of aliphatic hydroxyl groups is 2. The van der Waals surface area contributed by atoms with E-state index >= 15 is 0 Å². The minimum atomic E-state index is -1.08.